The van der Waals surface area contributed by atoms with Gasteiger partial charge in [-0.3, -0.25) is 0 Å². The van der Waals surface area contributed by atoms with Crippen LogP contribution in [0.4, 0.5) is 18.9 Å². The van der Waals surface area contributed by atoms with E-state index >= 15 is 0 Å². The number of unbranched alkanes of at least 4 members (excludes halogenated alkanes) is 1. The molecule has 4 heteroatoms. The summed E-state index contributed by atoms with van der Waals surface area (Å²) in [7, 11) is 0. The maximum Gasteiger partial charge on any atom is 0.416 e. The second-order valence-corrected chi connectivity index (χ2v) is 4.89. The topological polar surface area (TPSA) is 12.0 Å². The average molecular weight is 259 g/mol. The van der Waals surface area contributed by atoms with Crippen LogP contribution in [0.15, 0.2) is 24.3 Å². The molecule has 0 spiro atoms. The van der Waals surface area contributed by atoms with Crippen LogP contribution in [0.2, 0.25) is 0 Å². The summed E-state index contributed by atoms with van der Waals surface area (Å²) >= 11 is 0. The van der Waals surface area contributed by atoms with E-state index in [1.54, 1.807) is 0 Å². The molecular weight excluding hydrogens is 239 g/mol. The summed E-state index contributed by atoms with van der Waals surface area (Å²) in [5.74, 6) is 0.705. The Morgan fingerprint density at radius 1 is 1.06 bits per heavy atom. The molecule has 0 aliphatic rings. The highest BCUT2D eigenvalue weighted by Crippen LogP contribution is 2.29. The monoisotopic (exact) mass is 259 g/mol. The van der Waals surface area contributed by atoms with Crippen molar-refractivity contribution in [3.63, 3.8) is 0 Å². The van der Waals surface area contributed by atoms with E-state index in [0.29, 0.717) is 5.92 Å². The van der Waals surface area contributed by atoms with Gasteiger partial charge in [-0.25, -0.2) is 0 Å². The molecule has 1 rings (SSSR count). The van der Waals surface area contributed by atoms with Crippen LogP contribution in [-0.4, -0.2) is 6.54 Å². The van der Waals surface area contributed by atoms with E-state index in [1.807, 2.05) is 0 Å². The number of anilines is 1. The minimum Gasteiger partial charge on any atom is -0.385 e. The van der Waals surface area contributed by atoms with Crippen LogP contribution in [0.5, 0.6) is 0 Å². The molecule has 0 aliphatic heterocycles. The molecule has 0 unspecified atom stereocenters. The summed E-state index contributed by atoms with van der Waals surface area (Å²) in [6.45, 7) is 5.17. The third-order valence-electron chi connectivity index (χ3n) is 2.75. The third-order valence-corrected chi connectivity index (χ3v) is 2.75. The summed E-state index contributed by atoms with van der Waals surface area (Å²) in [6.07, 6.45) is -0.880. The van der Waals surface area contributed by atoms with Gasteiger partial charge in [0.25, 0.3) is 0 Å². The molecule has 0 heterocycles. The quantitative estimate of drug-likeness (QED) is 0.713. The van der Waals surface area contributed by atoms with Gasteiger partial charge in [0.05, 0.1) is 5.56 Å². The van der Waals surface area contributed by atoms with E-state index in [0.717, 1.165) is 37.2 Å². The molecule has 0 radical (unpaired) electrons. The van der Waals surface area contributed by atoms with Crippen molar-refractivity contribution in [2.45, 2.75) is 39.3 Å². The smallest absolute Gasteiger partial charge is 0.385 e. The molecule has 1 aromatic carbocycles. The highest BCUT2D eigenvalue weighted by Gasteiger charge is 2.29. The Hall–Kier alpha value is -1.19. The fourth-order valence-electron chi connectivity index (χ4n) is 1.69. The number of hydrogen-bond donors (Lipinski definition) is 1. The number of benzene rings is 1. The first-order valence-electron chi connectivity index (χ1n) is 6.30. The lowest BCUT2D eigenvalue weighted by molar-refractivity contribution is -0.137. The Morgan fingerprint density at radius 3 is 2.17 bits per heavy atom. The lowest BCUT2D eigenvalue weighted by atomic mass is 10.1. The predicted molar refractivity (Wildman–Crippen MR) is 68.6 cm³/mol. The lowest BCUT2D eigenvalue weighted by Gasteiger charge is -2.10. The summed E-state index contributed by atoms with van der Waals surface area (Å²) in [5, 5.41) is 3.13. The Bertz CT molecular complexity index is 341. The van der Waals surface area contributed by atoms with Crippen molar-refractivity contribution in [3.05, 3.63) is 29.8 Å². The fourth-order valence-corrected chi connectivity index (χ4v) is 1.69. The molecule has 0 atom stereocenters. The zero-order valence-electron chi connectivity index (χ0n) is 10.8. The van der Waals surface area contributed by atoms with E-state index in [9.17, 15) is 13.2 Å². The minimum atomic E-state index is -4.25. The average Bonchev–Trinajstić information content (AvgIpc) is 2.27. The molecule has 0 saturated carbocycles. The van der Waals surface area contributed by atoms with Gasteiger partial charge >= 0.3 is 6.18 Å². The van der Waals surface area contributed by atoms with Gasteiger partial charge in [0.15, 0.2) is 0 Å². The highest BCUT2D eigenvalue weighted by molar-refractivity contribution is 5.44. The van der Waals surface area contributed by atoms with Crippen molar-refractivity contribution in [2.24, 2.45) is 5.92 Å². The predicted octanol–water partition coefficient (Wildman–Crippen LogP) is 4.94. The molecule has 1 aromatic rings. The van der Waals surface area contributed by atoms with Crippen LogP contribution in [0, 0.1) is 5.92 Å². The van der Waals surface area contributed by atoms with Gasteiger partial charge in [-0.1, -0.05) is 26.7 Å². The molecular formula is C14H20F3N. The van der Waals surface area contributed by atoms with Crippen molar-refractivity contribution in [1.29, 1.82) is 0 Å². The van der Waals surface area contributed by atoms with Crippen molar-refractivity contribution >= 4 is 5.69 Å². The van der Waals surface area contributed by atoms with Crippen LogP contribution in [-0.2, 0) is 6.18 Å². The second-order valence-electron chi connectivity index (χ2n) is 4.89. The molecule has 1 N–H and O–H groups in total. The molecule has 0 saturated heterocycles. The van der Waals surface area contributed by atoms with E-state index in [1.165, 1.54) is 18.6 Å². The number of halogens is 3. The number of rotatable bonds is 6. The van der Waals surface area contributed by atoms with Crippen LogP contribution in [0.25, 0.3) is 0 Å². The lowest BCUT2D eigenvalue weighted by Crippen LogP contribution is -2.06. The molecule has 1 nitrogen and oxygen atoms in total. The Morgan fingerprint density at radius 2 is 1.67 bits per heavy atom. The van der Waals surface area contributed by atoms with Crippen LogP contribution in [0.1, 0.15) is 38.7 Å². The van der Waals surface area contributed by atoms with Gasteiger partial charge in [0.2, 0.25) is 0 Å². The fraction of sp³-hybridized carbons (Fsp3) is 0.571. The molecule has 0 aromatic heterocycles. The van der Waals surface area contributed by atoms with Crippen molar-refractivity contribution in [1.82, 2.24) is 0 Å². The zero-order valence-corrected chi connectivity index (χ0v) is 10.8. The first kappa shape index (κ1) is 14.9. The minimum absolute atomic E-state index is 0.604. The molecule has 0 bridgehead atoms. The standard InChI is InChI=1S/C14H20F3N/c1-11(2)5-3-4-10-18-13-8-6-12(7-9-13)14(15,16)17/h6-9,11,18H,3-5,10H2,1-2H3. The third kappa shape index (κ3) is 5.43. The molecule has 0 fully saturated rings. The van der Waals surface area contributed by atoms with Gasteiger partial charge in [0, 0.05) is 12.2 Å². The second kappa shape index (κ2) is 6.66. The van der Waals surface area contributed by atoms with Crippen molar-refractivity contribution in [3.8, 4) is 0 Å². The highest BCUT2D eigenvalue weighted by atomic mass is 19.4. The number of alkyl halides is 3. The summed E-state index contributed by atoms with van der Waals surface area (Å²) in [6, 6.07) is 5.17. The van der Waals surface area contributed by atoms with Gasteiger partial charge in [-0.2, -0.15) is 13.2 Å². The maximum atomic E-state index is 12.3. The summed E-state index contributed by atoms with van der Waals surface area (Å²) < 4.78 is 37.0. The summed E-state index contributed by atoms with van der Waals surface area (Å²) in [5.41, 5.74) is 0.139. The van der Waals surface area contributed by atoms with E-state index in [4.69, 9.17) is 0 Å². The summed E-state index contributed by atoms with van der Waals surface area (Å²) in [4.78, 5) is 0. The Labute approximate surface area is 106 Å². The van der Waals surface area contributed by atoms with E-state index in [-0.39, 0.29) is 0 Å². The SMILES string of the molecule is CC(C)CCCCNc1ccc(C(F)(F)F)cc1. The Balaban J connectivity index is 2.31. The first-order valence-corrected chi connectivity index (χ1v) is 6.30. The van der Waals surface area contributed by atoms with Crippen LogP contribution >= 0.6 is 0 Å². The number of hydrogen-bond acceptors (Lipinski definition) is 1. The normalized spacial score (nSPS) is 11.9. The first-order chi connectivity index (χ1) is 8.39. The molecule has 18 heavy (non-hydrogen) atoms. The zero-order chi connectivity index (χ0) is 13.6. The largest absolute Gasteiger partial charge is 0.416 e. The van der Waals surface area contributed by atoms with E-state index < -0.39 is 11.7 Å². The van der Waals surface area contributed by atoms with Gasteiger partial charge in [-0.15, -0.1) is 0 Å². The maximum absolute atomic E-state index is 12.3. The van der Waals surface area contributed by atoms with Crippen molar-refractivity contribution in [2.75, 3.05) is 11.9 Å². The Kier molecular flexibility index (Phi) is 5.51. The van der Waals surface area contributed by atoms with Gasteiger partial charge in [-0.05, 0) is 36.6 Å². The van der Waals surface area contributed by atoms with E-state index in [2.05, 4.69) is 19.2 Å². The van der Waals surface area contributed by atoms with Crippen molar-refractivity contribution < 1.29 is 13.2 Å². The van der Waals surface area contributed by atoms with Gasteiger partial charge in [0.1, 0.15) is 0 Å². The van der Waals surface area contributed by atoms with Crippen LogP contribution < -0.4 is 5.32 Å². The molecule has 0 aliphatic carbocycles. The molecule has 0 amide bonds. The van der Waals surface area contributed by atoms with Crippen LogP contribution in [0.3, 0.4) is 0 Å². The molecule has 102 valence electrons. The number of nitrogens with one attached hydrogen (secondary N) is 1. The van der Waals surface area contributed by atoms with Gasteiger partial charge < -0.3 is 5.32 Å².